The molecule has 4 bridgehead atoms. The molecule has 0 saturated carbocycles. The summed E-state index contributed by atoms with van der Waals surface area (Å²) in [6, 6.07) is 4.28. The quantitative estimate of drug-likeness (QED) is 0.459. The van der Waals surface area contributed by atoms with Gasteiger partial charge in [0.05, 0.1) is 19.3 Å². The van der Waals surface area contributed by atoms with Crippen molar-refractivity contribution in [1.29, 1.82) is 0 Å². The number of cyclic esters (lactones) is 1. The lowest BCUT2D eigenvalue weighted by Crippen LogP contribution is -2.57. The lowest BCUT2D eigenvalue weighted by atomic mass is 9.85. The number of carbonyl (C=O) groups excluding carboxylic acids is 2. The molecule has 4 aliphatic rings. The third kappa shape index (κ3) is 7.68. The molecule has 6 unspecified atom stereocenters. The maximum absolute atomic E-state index is 13.8. The van der Waals surface area contributed by atoms with E-state index in [0.29, 0.717) is 13.2 Å². The van der Waals surface area contributed by atoms with E-state index < -0.39 is 47.9 Å². The summed E-state index contributed by atoms with van der Waals surface area (Å²) in [6.07, 6.45) is 2.05. The monoisotopic (exact) mass is 601 g/mol. The summed E-state index contributed by atoms with van der Waals surface area (Å²) in [6.45, 7) is 12.6. The highest BCUT2D eigenvalue weighted by molar-refractivity contribution is 5.90. The molecule has 4 aliphatic heterocycles. The highest BCUT2D eigenvalue weighted by Crippen LogP contribution is 2.38. The van der Waals surface area contributed by atoms with Gasteiger partial charge in [0.15, 0.2) is 12.5 Å². The van der Waals surface area contributed by atoms with Crippen molar-refractivity contribution in [3.05, 3.63) is 34.9 Å². The van der Waals surface area contributed by atoms with Crippen molar-refractivity contribution in [3.8, 4) is 0 Å². The summed E-state index contributed by atoms with van der Waals surface area (Å²) >= 11 is 0. The van der Waals surface area contributed by atoms with E-state index in [0.717, 1.165) is 38.8 Å². The molecule has 238 valence electrons. The van der Waals surface area contributed by atoms with Crippen LogP contribution in [0.25, 0.3) is 0 Å². The van der Waals surface area contributed by atoms with Gasteiger partial charge in [-0.05, 0) is 40.4 Å². The normalized spacial score (nSPS) is 32.3. The molecule has 43 heavy (non-hydrogen) atoms. The number of alkyl carbamates (subject to hydrolysis) is 1. The Bertz CT molecular complexity index is 1200. The molecule has 2 amide bonds. The van der Waals surface area contributed by atoms with E-state index in [1.807, 2.05) is 20.8 Å². The van der Waals surface area contributed by atoms with Crippen molar-refractivity contribution < 1.29 is 38.4 Å². The average molecular weight is 602 g/mol. The Morgan fingerprint density at radius 1 is 1.07 bits per heavy atom. The van der Waals surface area contributed by atoms with Gasteiger partial charge in [0.1, 0.15) is 12.1 Å². The fraction of sp³-hybridized carbons (Fsp3) is 0.719. The Kier molecular flexibility index (Phi) is 9.37. The van der Waals surface area contributed by atoms with E-state index in [2.05, 4.69) is 42.3 Å². The van der Waals surface area contributed by atoms with Gasteiger partial charge in [-0.2, -0.15) is 0 Å². The first-order valence-electron chi connectivity index (χ1n) is 15.5. The van der Waals surface area contributed by atoms with Crippen molar-refractivity contribution in [3.63, 3.8) is 0 Å². The van der Waals surface area contributed by atoms with Crippen LogP contribution in [-0.4, -0.2) is 83.3 Å². The van der Waals surface area contributed by atoms with Gasteiger partial charge in [-0.1, -0.05) is 65.7 Å². The number of carboxylic acids is 1. The summed E-state index contributed by atoms with van der Waals surface area (Å²) < 4.78 is 23.7. The molecule has 2 fully saturated rings. The van der Waals surface area contributed by atoms with Crippen LogP contribution in [0.4, 0.5) is 4.79 Å². The predicted molar refractivity (Wildman–Crippen MR) is 157 cm³/mol. The topological polar surface area (TPSA) is 130 Å². The number of nitrogens with zero attached hydrogens (tertiary/aromatic N) is 2. The molecule has 11 nitrogen and oxygen atoms in total. The molecule has 2 saturated heterocycles. The van der Waals surface area contributed by atoms with E-state index in [-0.39, 0.29) is 31.2 Å². The van der Waals surface area contributed by atoms with E-state index in [1.54, 1.807) is 0 Å². The zero-order valence-corrected chi connectivity index (χ0v) is 26.1. The molecule has 0 spiro atoms. The Labute approximate surface area is 254 Å². The largest absolute Gasteiger partial charge is 0.480 e. The number of nitrogens with one attached hydrogen (secondary N) is 1. The summed E-state index contributed by atoms with van der Waals surface area (Å²) in [4.78, 5) is 42.5. The van der Waals surface area contributed by atoms with Crippen LogP contribution >= 0.6 is 0 Å². The molecule has 0 aromatic heterocycles. The van der Waals surface area contributed by atoms with E-state index in [1.165, 1.54) is 21.6 Å². The highest BCUT2D eigenvalue weighted by atomic mass is 16.8. The van der Waals surface area contributed by atoms with Crippen molar-refractivity contribution in [2.24, 2.45) is 10.8 Å². The Hall–Kier alpha value is -2.73. The Balaban J connectivity index is 1.32. The van der Waals surface area contributed by atoms with Crippen molar-refractivity contribution >= 4 is 18.0 Å². The van der Waals surface area contributed by atoms with Gasteiger partial charge in [0.25, 0.3) is 0 Å². The third-order valence-electron chi connectivity index (χ3n) is 8.92. The van der Waals surface area contributed by atoms with Gasteiger partial charge in [-0.15, -0.1) is 0 Å². The van der Waals surface area contributed by atoms with Crippen LogP contribution in [0.15, 0.2) is 18.2 Å². The zero-order chi connectivity index (χ0) is 30.9. The van der Waals surface area contributed by atoms with Gasteiger partial charge in [-0.3, -0.25) is 9.69 Å². The number of rotatable bonds is 1. The first-order chi connectivity index (χ1) is 20.3. The van der Waals surface area contributed by atoms with Crippen molar-refractivity contribution in [1.82, 2.24) is 15.1 Å². The molecule has 11 heteroatoms. The second-order valence-electron chi connectivity index (χ2n) is 14.2. The molecule has 4 heterocycles. The number of amides is 2. The molecule has 1 aromatic carbocycles. The number of carbonyl (C=O) groups is 3. The SMILES string of the molecule is CC1(C)CCCCCOCc2cccc3c2CN(C3)C2OC2OC2CC(C(=O)O)N(C2)C(=O)C(C(C)(C)C)NC(=O)OC1. The number of aliphatic carboxylic acids is 1. The molecule has 6 atom stereocenters. The number of benzene rings is 1. The molecule has 0 radical (unpaired) electrons. The first-order valence-corrected chi connectivity index (χ1v) is 15.5. The van der Waals surface area contributed by atoms with Gasteiger partial charge < -0.3 is 34.3 Å². The fourth-order valence-electron chi connectivity index (χ4n) is 6.32. The number of hydrogen-bond donors (Lipinski definition) is 2. The fourth-order valence-corrected chi connectivity index (χ4v) is 6.32. The van der Waals surface area contributed by atoms with Gasteiger partial charge in [0.2, 0.25) is 5.91 Å². The number of fused-ring (bicyclic) bond motifs is 5. The number of ether oxygens (including phenoxy) is 4. The van der Waals surface area contributed by atoms with Crippen LogP contribution in [0.5, 0.6) is 0 Å². The Morgan fingerprint density at radius 3 is 2.58 bits per heavy atom. The lowest BCUT2D eigenvalue weighted by molar-refractivity contribution is -0.150. The van der Waals surface area contributed by atoms with Crippen LogP contribution in [0.1, 0.15) is 83.4 Å². The zero-order valence-electron chi connectivity index (χ0n) is 26.1. The predicted octanol–water partition coefficient (Wildman–Crippen LogP) is 4.01. The molecule has 5 rings (SSSR count). The summed E-state index contributed by atoms with van der Waals surface area (Å²) in [5.41, 5.74) is 2.79. The second-order valence-corrected chi connectivity index (χ2v) is 14.2. The third-order valence-corrected chi connectivity index (χ3v) is 8.92. The first kappa shape index (κ1) is 31.7. The lowest BCUT2D eigenvalue weighted by Gasteiger charge is -2.34. The van der Waals surface area contributed by atoms with Gasteiger partial charge >= 0.3 is 12.1 Å². The summed E-state index contributed by atoms with van der Waals surface area (Å²) in [7, 11) is 0. The van der Waals surface area contributed by atoms with Crippen molar-refractivity contribution in [2.75, 3.05) is 19.8 Å². The molecule has 1 aromatic rings. The Morgan fingerprint density at radius 2 is 1.84 bits per heavy atom. The molecular weight excluding hydrogens is 554 g/mol. The van der Waals surface area contributed by atoms with Gasteiger partial charge in [-0.25, -0.2) is 9.59 Å². The summed E-state index contributed by atoms with van der Waals surface area (Å²) in [5, 5.41) is 12.7. The second kappa shape index (κ2) is 12.7. The smallest absolute Gasteiger partial charge is 0.407 e. The van der Waals surface area contributed by atoms with E-state index in [9.17, 15) is 19.5 Å². The maximum atomic E-state index is 13.8. The number of carboxylic acid groups (broad SMARTS) is 1. The van der Waals surface area contributed by atoms with Crippen molar-refractivity contribution in [2.45, 2.75) is 117 Å². The minimum atomic E-state index is -1.10. The van der Waals surface area contributed by atoms with Crippen LogP contribution in [0.2, 0.25) is 0 Å². The van der Waals surface area contributed by atoms with E-state index in [4.69, 9.17) is 18.9 Å². The van der Waals surface area contributed by atoms with Crippen LogP contribution in [0.3, 0.4) is 0 Å². The van der Waals surface area contributed by atoms with Crippen LogP contribution in [0, 0.1) is 10.8 Å². The molecular formula is C32H47N3O8. The summed E-state index contributed by atoms with van der Waals surface area (Å²) in [5.74, 6) is -1.57. The van der Waals surface area contributed by atoms with Crippen LogP contribution in [-0.2, 0) is 48.2 Å². The molecule has 0 aliphatic carbocycles. The highest BCUT2D eigenvalue weighted by Gasteiger charge is 2.51. The van der Waals surface area contributed by atoms with E-state index >= 15 is 0 Å². The maximum Gasteiger partial charge on any atom is 0.407 e. The minimum Gasteiger partial charge on any atom is -0.480 e. The number of epoxide rings is 1. The average Bonchev–Trinajstić information content (AvgIpc) is 3.34. The van der Waals surface area contributed by atoms with Crippen LogP contribution < -0.4 is 5.32 Å². The standard InChI is InChI=1S/C32H47N3O8/c1-31(2,3)25-26(36)35-16-22(14-24(35)28(37)38)42-29-27(43-29)34-15-20-10-9-11-21(23(20)17-34)18-40-13-8-6-7-12-32(4,5)19-41-30(39)33-25/h9-11,22,24-25,27,29H,6-8,12-19H2,1-5H3,(H,33,39)(H,37,38). The molecule has 2 N–H and O–H groups in total. The number of hydrogen-bond acceptors (Lipinski definition) is 8. The minimum absolute atomic E-state index is 0.0977. The van der Waals surface area contributed by atoms with Gasteiger partial charge in [0, 0.05) is 32.7 Å².